The highest BCUT2D eigenvalue weighted by Gasteiger charge is 2.35. The van der Waals surface area contributed by atoms with Crippen LogP contribution in [0.5, 0.6) is 5.75 Å². The van der Waals surface area contributed by atoms with Gasteiger partial charge in [0.25, 0.3) is 0 Å². The number of hydrogen-bond donors (Lipinski definition) is 0. The number of para-hydroxylation sites is 1. The molecule has 1 aliphatic heterocycles. The summed E-state index contributed by atoms with van der Waals surface area (Å²) in [4.78, 5) is 18.7. The molecule has 1 aliphatic rings. The van der Waals surface area contributed by atoms with Crippen LogP contribution in [0, 0.1) is 0 Å². The number of morpholine rings is 1. The molecule has 2 aromatic rings. The van der Waals surface area contributed by atoms with Gasteiger partial charge in [-0.05, 0) is 32.4 Å². The van der Waals surface area contributed by atoms with Crippen LogP contribution in [0.3, 0.4) is 0 Å². The lowest BCUT2D eigenvalue weighted by Gasteiger charge is -2.42. The van der Waals surface area contributed by atoms with Crippen molar-refractivity contribution in [3.63, 3.8) is 0 Å². The van der Waals surface area contributed by atoms with E-state index < -0.39 is 0 Å². The van der Waals surface area contributed by atoms with Gasteiger partial charge < -0.3 is 18.9 Å². The van der Waals surface area contributed by atoms with E-state index in [0.29, 0.717) is 32.5 Å². The molecule has 26 heavy (non-hydrogen) atoms. The average molecular weight is 357 g/mol. The molecule has 2 heterocycles. The lowest BCUT2D eigenvalue weighted by Crippen LogP contribution is -2.56. The van der Waals surface area contributed by atoms with E-state index in [4.69, 9.17) is 9.47 Å². The quantitative estimate of drug-likeness (QED) is 0.797. The number of benzene rings is 1. The Morgan fingerprint density at radius 3 is 2.81 bits per heavy atom. The summed E-state index contributed by atoms with van der Waals surface area (Å²) in [6, 6.07) is 9.68. The molecule has 6 heteroatoms. The molecule has 1 amide bonds. The minimum absolute atomic E-state index is 0.139. The second-order valence-electron chi connectivity index (χ2n) is 7.39. The maximum absolute atomic E-state index is 12.7. The first-order valence-electron chi connectivity index (χ1n) is 9.01. The molecule has 6 nitrogen and oxygen atoms in total. The van der Waals surface area contributed by atoms with Gasteiger partial charge in [0.15, 0.2) is 0 Å². The molecule has 3 rings (SSSR count). The number of aryl methyl sites for hydroxylation is 2. The van der Waals surface area contributed by atoms with Crippen LogP contribution in [0.1, 0.15) is 26.0 Å². The van der Waals surface area contributed by atoms with Gasteiger partial charge in [0, 0.05) is 31.9 Å². The SMILES string of the molecule is Cn1cncc1CCC(=O)N1CC(COc2ccccc2)OC(C)(C)C1. The van der Waals surface area contributed by atoms with Gasteiger partial charge in [-0.1, -0.05) is 18.2 Å². The van der Waals surface area contributed by atoms with Crippen molar-refractivity contribution in [3.05, 3.63) is 48.5 Å². The minimum atomic E-state index is -0.384. The number of hydrogen-bond acceptors (Lipinski definition) is 4. The summed E-state index contributed by atoms with van der Waals surface area (Å²) in [7, 11) is 1.95. The van der Waals surface area contributed by atoms with Crippen molar-refractivity contribution < 1.29 is 14.3 Å². The highest BCUT2D eigenvalue weighted by atomic mass is 16.5. The molecule has 1 fully saturated rings. The number of aromatic nitrogens is 2. The lowest BCUT2D eigenvalue weighted by molar-refractivity contribution is -0.165. The number of carbonyl (C=O) groups is 1. The first-order chi connectivity index (χ1) is 12.4. The van der Waals surface area contributed by atoms with Crippen LogP contribution in [0.2, 0.25) is 0 Å². The average Bonchev–Trinajstić information content (AvgIpc) is 3.02. The van der Waals surface area contributed by atoms with Crippen molar-refractivity contribution >= 4 is 5.91 Å². The standard InChI is InChI=1S/C20H27N3O3/c1-20(2)14-23(19(24)10-9-16-11-21-15-22(16)3)12-18(26-20)13-25-17-7-5-4-6-8-17/h4-8,11,15,18H,9-10,12-14H2,1-3H3. The zero-order valence-corrected chi connectivity index (χ0v) is 15.7. The van der Waals surface area contributed by atoms with E-state index >= 15 is 0 Å². The minimum Gasteiger partial charge on any atom is -0.491 e. The summed E-state index contributed by atoms with van der Waals surface area (Å²) in [6.45, 7) is 5.62. The molecule has 1 aromatic heterocycles. The number of rotatable bonds is 6. The van der Waals surface area contributed by atoms with Gasteiger partial charge in [-0.2, -0.15) is 0 Å². The Labute approximate surface area is 154 Å². The van der Waals surface area contributed by atoms with E-state index in [-0.39, 0.29) is 17.6 Å². The van der Waals surface area contributed by atoms with E-state index in [1.54, 1.807) is 6.33 Å². The number of carbonyl (C=O) groups excluding carboxylic acids is 1. The summed E-state index contributed by atoms with van der Waals surface area (Å²) in [5.41, 5.74) is 0.681. The molecule has 1 atom stereocenters. The Kier molecular flexibility index (Phi) is 5.61. The molecule has 1 aromatic carbocycles. The van der Waals surface area contributed by atoms with Gasteiger partial charge in [-0.3, -0.25) is 4.79 Å². The smallest absolute Gasteiger partial charge is 0.223 e. The molecule has 0 radical (unpaired) electrons. The lowest BCUT2D eigenvalue weighted by atomic mass is 10.0. The normalized spacial score (nSPS) is 19.3. The third kappa shape index (κ3) is 4.85. The fourth-order valence-electron chi connectivity index (χ4n) is 3.30. The zero-order chi connectivity index (χ0) is 18.6. The third-order valence-electron chi connectivity index (χ3n) is 4.52. The van der Waals surface area contributed by atoms with Crippen molar-refractivity contribution in [2.24, 2.45) is 7.05 Å². The molecule has 140 valence electrons. The topological polar surface area (TPSA) is 56.6 Å². The van der Waals surface area contributed by atoms with E-state index in [2.05, 4.69) is 4.98 Å². The molecule has 1 saturated heterocycles. The molecule has 0 aliphatic carbocycles. The van der Waals surface area contributed by atoms with Gasteiger partial charge in [0.1, 0.15) is 18.5 Å². The predicted octanol–water partition coefficient (Wildman–Crippen LogP) is 2.44. The Bertz CT molecular complexity index is 727. The van der Waals surface area contributed by atoms with Gasteiger partial charge in [-0.15, -0.1) is 0 Å². The molecule has 0 spiro atoms. The number of ether oxygens (including phenoxy) is 2. The highest BCUT2D eigenvalue weighted by Crippen LogP contribution is 2.23. The summed E-state index contributed by atoms with van der Waals surface area (Å²) >= 11 is 0. The Morgan fingerprint density at radius 2 is 2.12 bits per heavy atom. The Hall–Kier alpha value is -2.34. The second-order valence-corrected chi connectivity index (χ2v) is 7.39. The predicted molar refractivity (Wildman–Crippen MR) is 99.0 cm³/mol. The van der Waals surface area contributed by atoms with E-state index in [9.17, 15) is 4.79 Å². The fourth-order valence-corrected chi connectivity index (χ4v) is 3.30. The number of imidazole rings is 1. The van der Waals surface area contributed by atoms with Crippen LogP contribution in [0.25, 0.3) is 0 Å². The Balaban J connectivity index is 1.56. The first-order valence-corrected chi connectivity index (χ1v) is 9.01. The molecule has 0 saturated carbocycles. The largest absolute Gasteiger partial charge is 0.491 e. The van der Waals surface area contributed by atoms with Crippen LogP contribution in [-0.2, 0) is 23.0 Å². The fraction of sp³-hybridized carbons (Fsp3) is 0.500. The van der Waals surface area contributed by atoms with Gasteiger partial charge in [0.05, 0.1) is 18.5 Å². The van der Waals surface area contributed by atoms with E-state index in [1.807, 2.05) is 66.9 Å². The summed E-state index contributed by atoms with van der Waals surface area (Å²) in [5, 5.41) is 0. The number of amides is 1. The van der Waals surface area contributed by atoms with Gasteiger partial charge in [0.2, 0.25) is 5.91 Å². The highest BCUT2D eigenvalue weighted by molar-refractivity contribution is 5.76. The number of nitrogens with zero attached hydrogens (tertiary/aromatic N) is 3. The second kappa shape index (κ2) is 7.91. The first kappa shape index (κ1) is 18.5. The van der Waals surface area contributed by atoms with Crippen molar-refractivity contribution in [1.82, 2.24) is 14.5 Å². The van der Waals surface area contributed by atoms with Crippen molar-refractivity contribution in [2.45, 2.75) is 38.4 Å². The van der Waals surface area contributed by atoms with E-state index in [0.717, 1.165) is 11.4 Å². The molecular weight excluding hydrogens is 330 g/mol. The summed E-state index contributed by atoms with van der Waals surface area (Å²) in [6.07, 6.45) is 4.60. The summed E-state index contributed by atoms with van der Waals surface area (Å²) in [5.74, 6) is 0.959. The van der Waals surface area contributed by atoms with Crippen LogP contribution in [0.15, 0.2) is 42.9 Å². The third-order valence-corrected chi connectivity index (χ3v) is 4.52. The van der Waals surface area contributed by atoms with E-state index in [1.165, 1.54) is 0 Å². The molecule has 0 bridgehead atoms. The maximum Gasteiger partial charge on any atom is 0.223 e. The molecule has 0 N–H and O–H groups in total. The maximum atomic E-state index is 12.7. The van der Waals surface area contributed by atoms with Gasteiger partial charge >= 0.3 is 0 Å². The van der Waals surface area contributed by atoms with Crippen LogP contribution in [-0.4, -0.2) is 51.8 Å². The van der Waals surface area contributed by atoms with Gasteiger partial charge in [-0.25, -0.2) is 4.98 Å². The van der Waals surface area contributed by atoms with Crippen molar-refractivity contribution in [3.8, 4) is 5.75 Å². The summed E-state index contributed by atoms with van der Waals surface area (Å²) < 4.78 is 13.9. The van der Waals surface area contributed by atoms with Crippen LogP contribution in [0.4, 0.5) is 0 Å². The van der Waals surface area contributed by atoms with Crippen molar-refractivity contribution in [2.75, 3.05) is 19.7 Å². The van der Waals surface area contributed by atoms with Crippen molar-refractivity contribution in [1.29, 1.82) is 0 Å². The van der Waals surface area contributed by atoms with Crippen LogP contribution < -0.4 is 4.74 Å². The van der Waals surface area contributed by atoms with Crippen LogP contribution >= 0.6 is 0 Å². The Morgan fingerprint density at radius 1 is 1.35 bits per heavy atom. The molecule has 1 unspecified atom stereocenters. The molecular formula is C20H27N3O3. The monoisotopic (exact) mass is 357 g/mol. The zero-order valence-electron chi connectivity index (χ0n) is 15.7.